The molecule has 0 saturated heterocycles. The third-order valence-corrected chi connectivity index (χ3v) is 1.96. The Morgan fingerprint density at radius 2 is 1.75 bits per heavy atom. The first-order valence-corrected chi connectivity index (χ1v) is 4.02. The van der Waals surface area contributed by atoms with E-state index in [4.69, 9.17) is 0 Å². The lowest BCUT2D eigenvalue weighted by atomic mass is 10.0. The molecule has 1 N–H and O–H groups in total. The van der Waals surface area contributed by atoms with Crippen LogP contribution in [-0.4, -0.2) is 17.0 Å². The molecule has 0 fully saturated rings. The van der Waals surface area contributed by atoms with Crippen LogP contribution in [0.4, 0.5) is 0 Å². The first kappa shape index (κ1) is 11.1. The maximum Gasteiger partial charge on any atom is 0.190 e. The Bertz CT molecular complexity index is 224. The van der Waals surface area contributed by atoms with E-state index in [1.165, 1.54) is 0 Å². The lowest BCUT2D eigenvalue weighted by Gasteiger charge is -2.09. The summed E-state index contributed by atoms with van der Waals surface area (Å²) in [6.45, 7) is 7.03. The molecule has 0 radical (unpaired) electrons. The summed E-state index contributed by atoms with van der Waals surface area (Å²) in [6.07, 6.45) is 2.48. The zero-order chi connectivity index (χ0) is 9.72. The van der Waals surface area contributed by atoms with Crippen molar-refractivity contribution < 1.29 is 9.90 Å². The molecule has 2 heteroatoms. The zero-order valence-corrected chi connectivity index (χ0v) is 8.09. The van der Waals surface area contributed by atoms with Crippen molar-refractivity contribution in [3.05, 3.63) is 23.3 Å². The van der Waals surface area contributed by atoms with E-state index in [1.807, 2.05) is 0 Å². The summed E-state index contributed by atoms with van der Waals surface area (Å²) in [4.78, 5) is 11.3. The third-order valence-electron chi connectivity index (χ3n) is 1.96. The van der Waals surface area contributed by atoms with Gasteiger partial charge in [0.25, 0.3) is 0 Å². The van der Waals surface area contributed by atoms with Crippen LogP contribution in [0.25, 0.3) is 0 Å². The highest BCUT2D eigenvalue weighted by Gasteiger charge is 2.16. The second kappa shape index (κ2) is 4.88. The van der Waals surface area contributed by atoms with Crippen molar-refractivity contribution in [3.63, 3.8) is 0 Å². The number of ketones is 1. The SMILES string of the molecule is C/C=C(/C)C(O)C(=O)/C(C)=C/C. The molecule has 0 spiro atoms. The molecule has 1 unspecified atom stereocenters. The molecule has 0 aliphatic rings. The highest BCUT2D eigenvalue weighted by Crippen LogP contribution is 2.07. The largest absolute Gasteiger partial charge is 0.381 e. The molecule has 0 aliphatic carbocycles. The summed E-state index contributed by atoms with van der Waals surface area (Å²) >= 11 is 0. The van der Waals surface area contributed by atoms with E-state index in [0.717, 1.165) is 0 Å². The molecule has 12 heavy (non-hydrogen) atoms. The summed E-state index contributed by atoms with van der Waals surface area (Å²) in [5.74, 6) is -0.215. The Labute approximate surface area is 73.6 Å². The number of Topliss-reactive ketones (excluding diaryl/α,β-unsaturated/α-hetero) is 1. The average Bonchev–Trinajstić information content (AvgIpc) is 2.12. The van der Waals surface area contributed by atoms with Crippen LogP contribution >= 0.6 is 0 Å². The van der Waals surface area contributed by atoms with Crippen LogP contribution in [0, 0.1) is 0 Å². The van der Waals surface area contributed by atoms with Crippen LogP contribution < -0.4 is 0 Å². The molecule has 0 bridgehead atoms. The van der Waals surface area contributed by atoms with Gasteiger partial charge in [-0.3, -0.25) is 4.79 Å². The summed E-state index contributed by atoms with van der Waals surface area (Å²) in [7, 11) is 0. The van der Waals surface area contributed by atoms with Gasteiger partial charge in [0.1, 0.15) is 6.10 Å². The summed E-state index contributed by atoms with van der Waals surface area (Å²) in [6, 6.07) is 0. The van der Waals surface area contributed by atoms with Crippen molar-refractivity contribution in [2.45, 2.75) is 33.8 Å². The summed E-state index contributed by atoms with van der Waals surface area (Å²) in [5, 5.41) is 9.43. The Kier molecular flexibility index (Phi) is 4.52. The first-order chi connectivity index (χ1) is 5.54. The smallest absolute Gasteiger partial charge is 0.190 e. The van der Waals surface area contributed by atoms with Gasteiger partial charge in [-0.25, -0.2) is 0 Å². The van der Waals surface area contributed by atoms with Gasteiger partial charge < -0.3 is 5.11 Å². The van der Waals surface area contributed by atoms with Crippen molar-refractivity contribution in [1.29, 1.82) is 0 Å². The van der Waals surface area contributed by atoms with Crippen molar-refractivity contribution >= 4 is 5.78 Å². The minimum Gasteiger partial charge on any atom is -0.381 e. The number of hydrogen-bond donors (Lipinski definition) is 1. The molecule has 1 atom stereocenters. The highest BCUT2D eigenvalue weighted by molar-refractivity contribution is 5.99. The second-order valence-corrected chi connectivity index (χ2v) is 2.77. The van der Waals surface area contributed by atoms with Gasteiger partial charge in [-0.15, -0.1) is 0 Å². The Hall–Kier alpha value is -0.890. The lowest BCUT2D eigenvalue weighted by molar-refractivity contribution is -0.121. The minimum absolute atomic E-state index is 0.215. The number of allylic oxidation sites excluding steroid dienone is 2. The normalized spacial score (nSPS) is 16.1. The van der Waals surface area contributed by atoms with E-state index < -0.39 is 6.10 Å². The number of hydrogen-bond acceptors (Lipinski definition) is 2. The summed E-state index contributed by atoms with van der Waals surface area (Å²) in [5.41, 5.74) is 1.30. The molecule has 0 heterocycles. The van der Waals surface area contributed by atoms with Gasteiger partial charge in [0, 0.05) is 0 Å². The molecule has 0 aromatic carbocycles. The van der Waals surface area contributed by atoms with E-state index in [1.54, 1.807) is 39.8 Å². The molecule has 0 aliphatic heterocycles. The standard InChI is InChI=1S/C10H16O2/c1-5-7(3)9(11)10(12)8(4)6-2/h5-6,9,11H,1-4H3/b7-5-,8-6+. The first-order valence-electron chi connectivity index (χ1n) is 4.02. The fourth-order valence-electron chi connectivity index (χ4n) is 0.723. The molecular weight excluding hydrogens is 152 g/mol. The Morgan fingerprint density at radius 1 is 1.25 bits per heavy atom. The van der Waals surface area contributed by atoms with Crippen LogP contribution in [0.3, 0.4) is 0 Å². The number of aliphatic hydroxyl groups is 1. The minimum atomic E-state index is -0.966. The zero-order valence-electron chi connectivity index (χ0n) is 8.09. The number of rotatable bonds is 3. The number of carbonyl (C=O) groups excluding carboxylic acids is 1. The monoisotopic (exact) mass is 168 g/mol. The van der Waals surface area contributed by atoms with Crippen LogP contribution in [0.2, 0.25) is 0 Å². The van der Waals surface area contributed by atoms with Crippen LogP contribution in [0.15, 0.2) is 23.3 Å². The van der Waals surface area contributed by atoms with E-state index in [0.29, 0.717) is 11.1 Å². The van der Waals surface area contributed by atoms with E-state index in [-0.39, 0.29) is 5.78 Å². The quantitative estimate of drug-likeness (QED) is 0.516. The van der Waals surface area contributed by atoms with Crippen molar-refractivity contribution in [1.82, 2.24) is 0 Å². The molecule has 0 saturated carbocycles. The van der Waals surface area contributed by atoms with Gasteiger partial charge in [-0.05, 0) is 38.8 Å². The summed E-state index contributed by atoms with van der Waals surface area (Å²) < 4.78 is 0. The molecule has 0 aromatic heterocycles. The highest BCUT2D eigenvalue weighted by atomic mass is 16.3. The maximum atomic E-state index is 11.3. The average molecular weight is 168 g/mol. The Morgan fingerprint density at radius 3 is 2.08 bits per heavy atom. The number of carbonyl (C=O) groups is 1. The van der Waals surface area contributed by atoms with E-state index in [9.17, 15) is 9.90 Å². The van der Waals surface area contributed by atoms with Gasteiger partial charge in [0.05, 0.1) is 0 Å². The van der Waals surface area contributed by atoms with E-state index in [2.05, 4.69) is 0 Å². The molecule has 0 amide bonds. The van der Waals surface area contributed by atoms with Gasteiger partial charge in [-0.1, -0.05) is 12.2 Å². The van der Waals surface area contributed by atoms with Crippen molar-refractivity contribution in [2.75, 3.05) is 0 Å². The van der Waals surface area contributed by atoms with Gasteiger partial charge in [-0.2, -0.15) is 0 Å². The van der Waals surface area contributed by atoms with Crippen LogP contribution in [0.5, 0.6) is 0 Å². The Balaban J connectivity index is 4.51. The van der Waals surface area contributed by atoms with Crippen LogP contribution in [-0.2, 0) is 4.79 Å². The lowest BCUT2D eigenvalue weighted by Crippen LogP contribution is -2.22. The molecule has 0 aromatic rings. The molecule has 2 nitrogen and oxygen atoms in total. The maximum absolute atomic E-state index is 11.3. The van der Waals surface area contributed by atoms with Gasteiger partial charge in [0.2, 0.25) is 0 Å². The second-order valence-electron chi connectivity index (χ2n) is 2.77. The van der Waals surface area contributed by atoms with E-state index >= 15 is 0 Å². The van der Waals surface area contributed by atoms with Crippen molar-refractivity contribution in [2.24, 2.45) is 0 Å². The molecular formula is C10H16O2. The third kappa shape index (κ3) is 2.62. The predicted molar refractivity (Wildman–Crippen MR) is 49.9 cm³/mol. The fourth-order valence-corrected chi connectivity index (χ4v) is 0.723. The van der Waals surface area contributed by atoms with Gasteiger partial charge >= 0.3 is 0 Å². The van der Waals surface area contributed by atoms with Crippen molar-refractivity contribution in [3.8, 4) is 0 Å². The predicted octanol–water partition coefficient (Wildman–Crippen LogP) is 1.85. The number of aliphatic hydroxyl groups excluding tert-OH is 1. The fraction of sp³-hybridized carbons (Fsp3) is 0.500. The van der Waals surface area contributed by atoms with Gasteiger partial charge in [0.15, 0.2) is 5.78 Å². The molecule has 68 valence electrons. The topological polar surface area (TPSA) is 37.3 Å². The molecule has 0 rings (SSSR count). The van der Waals surface area contributed by atoms with Crippen LogP contribution in [0.1, 0.15) is 27.7 Å².